The van der Waals surface area contributed by atoms with E-state index < -0.39 is 17.8 Å². The number of aromatic nitrogens is 3. The molecule has 3 aromatic carbocycles. The number of nitrogens with zero attached hydrogens (tertiary/aromatic N) is 4. The van der Waals surface area contributed by atoms with Crippen molar-refractivity contribution in [2.24, 2.45) is 0 Å². The molecule has 5 aromatic rings. The smallest absolute Gasteiger partial charge is 0.416 e. The van der Waals surface area contributed by atoms with Crippen LogP contribution in [0.2, 0.25) is 0 Å². The molecule has 53 heavy (non-hydrogen) atoms. The molecule has 0 amide bonds. The minimum atomic E-state index is -4.33. The Hall–Kier alpha value is -4.59. The van der Waals surface area contributed by atoms with Gasteiger partial charge in [0.25, 0.3) is 5.56 Å². The minimum absolute atomic E-state index is 0.00237. The Bertz CT molecular complexity index is 2010. The Morgan fingerprint density at radius 2 is 1.75 bits per heavy atom. The van der Waals surface area contributed by atoms with Crippen LogP contribution in [0.5, 0.6) is 5.75 Å². The van der Waals surface area contributed by atoms with Crippen LogP contribution in [0.3, 0.4) is 0 Å². The van der Waals surface area contributed by atoms with E-state index in [1.54, 1.807) is 10.6 Å². The number of alkyl halides is 3. The van der Waals surface area contributed by atoms with E-state index in [1.807, 2.05) is 44.3 Å². The van der Waals surface area contributed by atoms with Gasteiger partial charge in [-0.05, 0) is 108 Å². The first kappa shape index (κ1) is 38.1. The second kappa shape index (κ2) is 17.0. The molecule has 1 unspecified atom stereocenters. The zero-order valence-corrected chi connectivity index (χ0v) is 29.9. The number of benzene rings is 3. The molecule has 1 saturated heterocycles. The molecule has 282 valence electrons. The first-order valence-corrected chi connectivity index (χ1v) is 18.1. The molecule has 2 aliphatic rings. The van der Waals surface area contributed by atoms with Crippen molar-refractivity contribution in [3.63, 3.8) is 0 Å². The summed E-state index contributed by atoms with van der Waals surface area (Å²) >= 11 is 0. The van der Waals surface area contributed by atoms with E-state index in [1.165, 1.54) is 24.3 Å². The summed E-state index contributed by atoms with van der Waals surface area (Å²) in [7, 11) is 1.85. The van der Waals surface area contributed by atoms with Crippen molar-refractivity contribution >= 4 is 11.0 Å². The van der Waals surface area contributed by atoms with Crippen LogP contribution in [0, 0.1) is 12.7 Å². The van der Waals surface area contributed by atoms with Crippen LogP contribution >= 0.6 is 0 Å². The normalized spacial score (nSPS) is 17.2. The van der Waals surface area contributed by atoms with Gasteiger partial charge < -0.3 is 24.6 Å². The van der Waals surface area contributed by atoms with Crippen molar-refractivity contribution in [1.82, 2.24) is 24.9 Å². The van der Waals surface area contributed by atoms with Gasteiger partial charge in [-0.2, -0.15) is 13.2 Å². The summed E-state index contributed by atoms with van der Waals surface area (Å²) in [5, 5.41) is 18.3. The predicted molar refractivity (Wildman–Crippen MR) is 193 cm³/mol. The molecule has 0 saturated carbocycles. The minimum Gasteiger partial charge on any atom is -0.486 e. The molecule has 2 atom stereocenters. The maximum Gasteiger partial charge on any atom is 0.416 e. The molecule has 2 N–H and O–H groups in total. The van der Waals surface area contributed by atoms with Gasteiger partial charge in [-0.1, -0.05) is 35.5 Å². The van der Waals surface area contributed by atoms with E-state index in [-0.39, 0.29) is 17.5 Å². The van der Waals surface area contributed by atoms with Crippen molar-refractivity contribution in [3.8, 4) is 5.75 Å². The summed E-state index contributed by atoms with van der Waals surface area (Å²) in [4.78, 5) is 19.9. The molecular weight excluding hydrogens is 690 g/mol. The molecule has 13 heteroatoms. The average molecular weight is 736 g/mol. The molecule has 0 spiro atoms. The predicted octanol–water partition coefficient (Wildman–Crippen LogP) is 7.52. The van der Waals surface area contributed by atoms with Gasteiger partial charge in [0, 0.05) is 48.1 Å². The third kappa shape index (κ3) is 9.32. The molecule has 0 aliphatic carbocycles. The summed E-state index contributed by atoms with van der Waals surface area (Å²) in [5.41, 5.74) is 3.22. The van der Waals surface area contributed by atoms with Crippen LogP contribution in [-0.4, -0.2) is 57.9 Å². The largest absolute Gasteiger partial charge is 0.486 e. The molecule has 0 radical (unpaired) electrons. The standard InChI is InChI=1S/C23H27FN4O3.C17H18F3NO/c1-14-17(23(30)28-9-2-3-19(29)22(28)25-14)8-12-27-10-6-15(7-11-27)21-18-5-4-16(24)13-20(18)31-26-21;1-21-12-11-16(13-5-3-2-4-6-13)22-15-9-7-14(8-10-15)17(18,19)20/h4-5,13,15,19,29H,2-3,6-12H2,1H3;2-10,16,21H,11-12H2,1H3/t;16-/m.1/s1. The van der Waals surface area contributed by atoms with E-state index in [0.717, 1.165) is 91.9 Å². The maximum absolute atomic E-state index is 13.4. The van der Waals surface area contributed by atoms with Gasteiger partial charge >= 0.3 is 6.18 Å². The lowest BCUT2D eigenvalue weighted by atomic mass is 9.91. The lowest BCUT2D eigenvalue weighted by Crippen LogP contribution is -2.37. The van der Waals surface area contributed by atoms with Gasteiger partial charge in [0.15, 0.2) is 5.58 Å². The first-order chi connectivity index (χ1) is 25.5. The van der Waals surface area contributed by atoms with Crippen molar-refractivity contribution in [2.45, 2.75) is 76.3 Å². The Morgan fingerprint density at radius 1 is 1.02 bits per heavy atom. The van der Waals surface area contributed by atoms with Crippen LogP contribution < -0.4 is 15.6 Å². The van der Waals surface area contributed by atoms with Gasteiger partial charge in [0.05, 0.1) is 11.3 Å². The number of aliphatic hydroxyl groups is 1. The van der Waals surface area contributed by atoms with E-state index in [4.69, 9.17) is 9.26 Å². The fraction of sp³-hybridized carbons (Fsp3) is 0.425. The SMILES string of the molecule is CNCC[C@@H](Oc1ccc(C(F)(F)F)cc1)c1ccccc1.Cc1nc2n(c(=O)c1CCN1CCC(c3noc4cc(F)ccc34)CC1)CCCC2O. The number of aliphatic hydroxyl groups excluding tert-OH is 1. The highest BCUT2D eigenvalue weighted by atomic mass is 19.4. The van der Waals surface area contributed by atoms with Crippen molar-refractivity contribution in [2.75, 3.05) is 33.2 Å². The Morgan fingerprint density at radius 3 is 2.45 bits per heavy atom. The number of likely N-dealkylation sites (tertiary alicyclic amines) is 1. The first-order valence-electron chi connectivity index (χ1n) is 18.1. The van der Waals surface area contributed by atoms with Crippen LogP contribution in [0.4, 0.5) is 17.6 Å². The second-order valence-corrected chi connectivity index (χ2v) is 13.7. The number of rotatable bonds is 10. The summed E-state index contributed by atoms with van der Waals surface area (Å²) in [6.45, 7) is 5.88. The molecule has 1 fully saturated rings. The third-order valence-corrected chi connectivity index (χ3v) is 10.1. The topological polar surface area (TPSA) is 106 Å². The number of fused-ring (bicyclic) bond motifs is 2. The number of ether oxygens (including phenoxy) is 1. The zero-order valence-electron chi connectivity index (χ0n) is 29.9. The van der Waals surface area contributed by atoms with Crippen LogP contribution in [0.1, 0.15) is 84.1 Å². The van der Waals surface area contributed by atoms with Gasteiger partial charge in [0.2, 0.25) is 0 Å². The Balaban J connectivity index is 0.000000193. The number of hydrogen-bond acceptors (Lipinski definition) is 8. The third-order valence-electron chi connectivity index (χ3n) is 10.1. The molecule has 4 heterocycles. The van der Waals surface area contributed by atoms with Gasteiger partial charge in [-0.25, -0.2) is 9.37 Å². The summed E-state index contributed by atoms with van der Waals surface area (Å²) in [5.74, 6) is 0.917. The van der Waals surface area contributed by atoms with Crippen molar-refractivity contribution < 1.29 is 31.9 Å². The van der Waals surface area contributed by atoms with Crippen LogP contribution in [0.25, 0.3) is 11.0 Å². The second-order valence-electron chi connectivity index (χ2n) is 13.7. The van der Waals surface area contributed by atoms with Gasteiger partial charge in [-0.15, -0.1) is 0 Å². The lowest BCUT2D eigenvalue weighted by Gasteiger charge is -2.31. The average Bonchev–Trinajstić information content (AvgIpc) is 3.57. The van der Waals surface area contributed by atoms with Gasteiger partial charge in [-0.3, -0.25) is 9.36 Å². The highest BCUT2D eigenvalue weighted by Crippen LogP contribution is 2.34. The molecule has 7 rings (SSSR count). The number of halogens is 4. The highest BCUT2D eigenvalue weighted by molar-refractivity contribution is 5.79. The summed E-state index contributed by atoms with van der Waals surface area (Å²) < 4.78 is 63.9. The van der Waals surface area contributed by atoms with E-state index in [9.17, 15) is 27.5 Å². The summed E-state index contributed by atoms with van der Waals surface area (Å²) in [6.07, 6.45) is -0.430. The number of piperidine rings is 1. The quantitative estimate of drug-likeness (QED) is 0.142. The monoisotopic (exact) mass is 735 g/mol. The van der Waals surface area contributed by atoms with Crippen LogP contribution in [-0.2, 0) is 19.1 Å². The van der Waals surface area contributed by atoms with E-state index >= 15 is 0 Å². The molecule has 2 aliphatic heterocycles. The Labute approximate surface area is 305 Å². The summed E-state index contributed by atoms with van der Waals surface area (Å²) in [6, 6.07) is 19.0. The number of hydrogen-bond donors (Lipinski definition) is 2. The Kier molecular flexibility index (Phi) is 12.3. The zero-order chi connectivity index (χ0) is 37.5. The highest BCUT2D eigenvalue weighted by Gasteiger charge is 2.30. The van der Waals surface area contributed by atoms with Crippen LogP contribution in [0.15, 0.2) is 82.1 Å². The van der Waals surface area contributed by atoms with Gasteiger partial charge in [0.1, 0.15) is 29.6 Å². The number of aryl methyl sites for hydroxylation is 1. The molecule has 9 nitrogen and oxygen atoms in total. The molecular formula is C40H45F4N5O4. The van der Waals surface area contributed by atoms with Crippen molar-refractivity contribution in [1.29, 1.82) is 0 Å². The van der Waals surface area contributed by atoms with E-state index in [0.29, 0.717) is 42.5 Å². The van der Waals surface area contributed by atoms with E-state index in [2.05, 4.69) is 20.4 Å². The fourth-order valence-electron chi connectivity index (χ4n) is 7.10. The number of nitrogens with one attached hydrogen (secondary N) is 1. The molecule has 2 aromatic heterocycles. The fourth-order valence-corrected chi connectivity index (χ4v) is 7.10. The molecule has 0 bridgehead atoms. The van der Waals surface area contributed by atoms with Crippen molar-refractivity contribution in [3.05, 3.63) is 123 Å². The lowest BCUT2D eigenvalue weighted by molar-refractivity contribution is -0.137. The maximum atomic E-state index is 13.4.